The number of carboxylic acid groups (broad SMARTS) is 1. The zero-order valence-corrected chi connectivity index (χ0v) is 14.0. The quantitative estimate of drug-likeness (QED) is 0.762. The van der Waals surface area contributed by atoms with Crippen LogP contribution in [0.4, 0.5) is 5.69 Å². The lowest BCUT2D eigenvalue weighted by molar-refractivity contribution is 0.0698. The van der Waals surface area contributed by atoms with E-state index in [0.29, 0.717) is 17.3 Å². The van der Waals surface area contributed by atoms with Crippen molar-refractivity contribution in [2.45, 2.75) is 38.6 Å². The lowest BCUT2D eigenvalue weighted by Gasteiger charge is -2.33. The van der Waals surface area contributed by atoms with Gasteiger partial charge in [0.2, 0.25) is 0 Å². The molecule has 21 heavy (non-hydrogen) atoms. The molecule has 0 aliphatic carbocycles. The Morgan fingerprint density at radius 1 is 1.48 bits per heavy atom. The van der Waals surface area contributed by atoms with Gasteiger partial charge in [0.05, 0.1) is 5.56 Å². The fourth-order valence-electron chi connectivity index (χ4n) is 2.84. The fraction of sp³-hybridized carbons (Fsp3) is 0.562. The molecule has 0 saturated carbocycles. The second kappa shape index (κ2) is 7.80. The highest BCUT2D eigenvalue weighted by Gasteiger charge is 2.17. The average Bonchev–Trinajstić information content (AvgIpc) is 2.46. The van der Waals surface area contributed by atoms with Gasteiger partial charge in [-0.05, 0) is 50.9 Å². The van der Waals surface area contributed by atoms with E-state index in [2.05, 4.69) is 33.1 Å². The van der Waals surface area contributed by atoms with Crippen LogP contribution in [0.2, 0.25) is 0 Å². The van der Waals surface area contributed by atoms with Gasteiger partial charge in [0, 0.05) is 29.3 Å². The van der Waals surface area contributed by atoms with Gasteiger partial charge in [0.1, 0.15) is 0 Å². The lowest BCUT2D eigenvalue weighted by Crippen LogP contribution is -2.38. The van der Waals surface area contributed by atoms with E-state index in [-0.39, 0.29) is 0 Å². The highest BCUT2D eigenvalue weighted by molar-refractivity contribution is 9.10. The molecule has 0 spiro atoms. The van der Waals surface area contributed by atoms with E-state index < -0.39 is 5.97 Å². The first-order valence-corrected chi connectivity index (χ1v) is 8.38. The monoisotopic (exact) mass is 354 g/mol. The smallest absolute Gasteiger partial charge is 0.337 e. The molecular weight excluding hydrogens is 332 g/mol. The molecule has 1 fully saturated rings. The number of anilines is 1. The fourth-order valence-corrected chi connectivity index (χ4v) is 3.20. The summed E-state index contributed by atoms with van der Waals surface area (Å²) < 4.78 is 0.785. The van der Waals surface area contributed by atoms with Crippen LogP contribution in [0.3, 0.4) is 0 Å². The molecule has 0 radical (unpaired) electrons. The van der Waals surface area contributed by atoms with Gasteiger partial charge in [-0.25, -0.2) is 4.79 Å². The van der Waals surface area contributed by atoms with Gasteiger partial charge in [-0.1, -0.05) is 22.4 Å². The predicted octanol–water partition coefficient (Wildman–Crippen LogP) is 3.82. The molecule has 2 N–H and O–H groups in total. The molecule has 0 bridgehead atoms. The van der Waals surface area contributed by atoms with Gasteiger partial charge in [-0.15, -0.1) is 0 Å². The maximum atomic E-state index is 11.2. The molecule has 1 heterocycles. The standard InChI is InChI=1S/C16H23BrN2O2/c1-12-5-2-3-9-19(12)10-4-8-18-15-7-6-13(17)11-14(15)16(20)21/h6-7,11-12,18H,2-5,8-10H2,1H3,(H,20,21). The zero-order valence-electron chi connectivity index (χ0n) is 12.4. The SMILES string of the molecule is CC1CCCCN1CCCNc1ccc(Br)cc1C(=O)O. The summed E-state index contributed by atoms with van der Waals surface area (Å²) in [6.45, 7) is 5.36. The van der Waals surface area contributed by atoms with E-state index in [1.165, 1.54) is 25.8 Å². The Bertz CT molecular complexity index is 493. The van der Waals surface area contributed by atoms with Crippen LogP contribution in [0.1, 0.15) is 43.0 Å². The van der Waals surface area contributed by atoms with Gasteiger partial charge in [0.15, 0.2) is 0 Å². The van der Waals surface area contributed by atoms with Crippen molar-refractivity contribution in [2.75, 3.05) is 25.0 Å². The number of carbonyl (C=O) groups is 1. The van der Waals surface area contributed by atoms with Crippen LogP contribution in [0.25, 0.3) is 0 Å². The summed E-state index contributed by atoms with van der Waals surface area (Å²) in [5.74, 6) is -0.900. The topological polar surface area (TPSA) is 52.6 Å². The number of piperidine rings is 1. The van der Waals surface area contributed by atoms with Crippen molar-refractivity contribution in [3.63, 3.8) is 0 Å². The van der Waals surface area contributed by atoms with E-state index in [9.17, 15) is 9.90 Å². The summed E-state index contributed by atoms with van der Waals surface area (Å²) in [7, 11) is 0. The Morgan fingerprint density at radius 3 is 3.00 bits per heavy atom. The van der Waals surface area contributed by atoms with E-state index in [1.807, 2.05) is 12.1 Å². The maximum absolute atomic E-state index is 11.2. The van der Waals surface area contributed by atoms with Crippen LogP contribution in [0.5, 0.6) is 0 Å². The Hall–Kier alpha value is -1.07. The van der Waals surface area contributed by atoms with Gasteiger partial charge in [0.25, 0.3) is 0 Å². The Kier molecular flexibility index (Phi) is 6.06. The molecule has 1 atom stereocenters. The number of halogens is 1. The number of aromatic carboxylic acids is 1. The number of hydrogen-bond acceptors (Lipinski definition) is 3. The first-order chi connectivity index (χ1) is 10.1. The highest BCUT2D eigenvalue weighted by atomic mass is 79.9. The summed E-state index contributed by atoms with van der Waals surface area (Å²) in [5.41, 5.74) is 1.01. The zero-order chi connectivity index (χ0) is 15.2. The molecule has 1 aromatic rings. The van der Waals surface area contributed by atoms with Crippen molar-refractivity contribution >= 4 is 27.6 Å². The lowest BCUT2D eigenvalue weighted by atomic mass is 10.0. The van der Waals surface area contributed by atoms with Crippen molar-refractivity contribution in [1.29, 1.82) is 0 Å². The Morgan fingerprint density at radius 2 is 2.29 bits per heavy atom. The maximum Gasteiger partial charge on any atom is 0.337 e. The molecular formula is C16H23BrN2O2. The minimum absolute atomic E-state index is 0.315. The molecule has 4 nitrogen and oxygen atoms in total. The summed E-state index contributed by atoms with van der Waals surface area (Å²) in [6, 6.07) is 6.00. The highest BCUT2D eigenvalue weighted by Crippen LogP contribution is 2.21. The minimum atomic E-state index is -0.900. The van der Waals surface area contributed by atoms with Gasteiger partial charge in [-0.2, -0.15) is 0 Å². The molecule has 1 aliphatic rings. The molecule has 5 heteroatoms. The van der Waals surface area contributed by atoms with Crippen molar-refractivity contribution in [1.82, 2.24) is 4.90 Å². The second-order valence-electron chi connectivity index (χ2n) is 5.66. The van der Waals surface area contributed by atoms with E-state index in [0.717, 1.165) is 24.0 Å². The molecule has 0 aromatic heterocycles. The van der Waals surface area contributed by atoms with Gasteiger partial charge in [-0.3, -0.25) is 0 Å². The number of likely N-dealkylation sites (tertiary alicyclic amines) is 1. The number of carboxylic acids is 1. The summed E-state index contributed by atoms with van der Waals surface area (Å²) in [4.78, 5) is 13.8. The van der Waals surface area contributed by atoms with Crippen molar-refractivity contribution in [3.8, 4) is 0 Å². The summed E-state index contributed by atoms with van der Waals surface area (Å²) >= 11 is 3.31. The molecule has 2 rings (SSSR count). The van der Waals surface area contributed by atoms with Crippen LogP contribution in [-0.4, -0.2) is 41.7 Å². The number of hydrogen-bond donors (Lipinski definition) is 2. The van der Waals surface area contributed by atoms with Crippen LogP contribution < -0.4 is 5.32 Å². The van der Waals surface area contributed by atoms with Crippen LogP contribution in [0.15, 0.2) is 22.7 Å². The first kappa shape index (κ1) is 16.3. The molecule has 1 saturated heterocycles. The Labute approximate surface area is 134 Å². The summed E-state index contributed by atoms with van der Waals surface area (Å²) in [5, 5.41) is 12.5. The Balaban J connectivity index is 1.82. The number of nitrogens with zero attached hydrogens (tertiary/aromatic N) is 1. The van der Waals surface area contributed by atoms with Crippen molar-refractivity contribution in [2.24, 2.45) is 0 Å². The first-order valence-electron chi connectivity index (χ1n) is 7.58. The normalized spacial score (nSPS) is 19.4. The van der Waals surface area contributed by atoms with E-state index in [4.69, 9.17) is 0 Å². The predicted molar refractivity (Wildman–Crippen MR) is 89.1 cm³/mol. The molecule has 1 unspecified atom stereocenters. The van der Waals surface area contributed by atoms with E-state index in [1.54, 1.807) is 6.07 Å². The largest absolute Gasteiger partial charge is 0.478 e. The van der Waals surface area contributed by atoms with Crippen LogP contribution >= 0.6 is 15.9 Å². The third-order valence-electron chi connectivity index (χ3n) is 4.09. The van der Waals surface area contributed by atoms with Crippen molar-refractivity contribution in [3.05, 3.63) is 28.2 Å². The van der Waals surface area contributed by atoms with Crippen LogP contribution in [0, 0.1) is 0 Å². The molecule has 1 aliphatic heterocycles. The number of nitrogens with one attached hydrogen (secondary N) is 1. The summed E-state index contributed by atoms with van der Waals surface area (Å²) in [6.07, 6.45) is 4.97. The van der Waals surface area contributed by atoms with Gasteiger partial charge < -0.3 is 15.3 Å². The van der Waals surface area contributed by atoms with Crippen molar-refractivity contribution < 1.29 is 9.90 Å². The third kappa shape index (κ3) is 4.71. The minimum Gasteiger partial charge on any atom is -0.478 e. The number of benzene rings is 1. The van der Waals surface area contributed by atoms with Gasteiger partial charge >= 0.3 is 5.97 Å². The average molecular weight is 355 g/mol. The van der Waals surface area contributed by atoms with E-state index >= 15 is 0 Å². The third-order valence-corrected chi connectivity index (χ3v) is 4.58. The molecule has 1 aromatic carbocycles. The molecule has 116 valence electrons. The second-order valence-corrected chi connectivity index (χ2v) is 6.57. The van der Waals surface area contributed by atoms with Crippen LogP contribution in [-0.2, 0) is 0 Å². The number of rotatable bonds is 6. The molecule has 0 amide bonds.